The number of amides is 1. The number of hydrogen-bond acceptors (Lipinski definition) is 5. The number of carbonyl (C=O) groups excluding carboxylic acids is 1. The molecule has 2 atom stereocenters. The summed E-state index contributed by atoms with van der Waals surface area (Å²) in [7, 11) is 3.31. The number of nitrogens with one attached hydrogen (secondary N) is 1. The second-order valence-corrected chi connectivity index (χ2v) is 7.71. The summed E-state index contributed by atoms with van der Waals surface area (Å²) >= 11 is 0. The molecule has 0 radical (unpaired) electrons. The molecule has 1 aromatic heterocycles. The first kappa shape index (κ1) is 20.3. The molecule has 1 fully saturated rings. The summed E-state index contributed by atoms with van der Waals surface area (Å²) in [6, 6.07) is 15.7. The standard InChI is InChI=1S/C24H28N2O4/c1-16(22-13-17-7-4-5-9-21(17)30-22)25-24(27)15-26-12-6-8-20(26)19-11-10-18(28-2)14-23(19)29-3/h4-5,7,9-11,13-14,16,20H,6,8,12,15H2,1-3H3,(H,25,27)/t16-,20-/m0/s1. The van der Waals surface area contributed by atoms with Crippen LogP contribution >= 0.6 is 0 Å². The maximum Gasteiger partial charge on any atom is 0.234 e. The predicted octanol–water partition coefficient (Wildman–Crippen LogP) is 4.46. The van der Waals surface area contributed by atoms with Gasteiger partial charge in [-0.1, -0.05) is 24.3 Å². The highest BCUT2D eigenvalue weighted by Crippen LogP contribution is 2.38. The van der Waals surface area contributed by atoms with E-state index in [9.17, 15) is 4.79 Å². The van der Waals surface area contributed by atoms with Crippen LogP contribution in [0, 0.1) is 0 Å². The van der Waals surface area contributed by atoms with Crippen LogP contribution in [0.15, 0.2) is 52.9 Å². The van der Waals surface area contributed by atoms with Crippen LogP contribution in [0.2, 0.25) is 0 Å². The van der Waals surface area contributed by atoms with Gasteiger partial charge in [0.15, 0.2) is 0 Å². The van der Waals surface area contributed by atoms with Crippen molar-refractivity contribution in [3.05, 3.63) is 59.9 Å². The van der Waals surface area contributed by atoms with E-state index in [1.165, 1.54) is 0 Å². The van der Waals surface area contributed by atoms with Crippen LogP contribution in [0.25, 0.3) is 11.0 Å². The van der Waals surface area contributed by atoms with E-state index in [0.717, 1.165) is 53.2 Å². The molecule has 2 heterocycles. The van der Waals surface area contributed by atoms with E-state index in [1.807, 2.05) is 55.5 Å². The molecule has 3 aromatic rings. The van der Waals surface area contributed by atoms with E-state index in [2.05, 4.69) is 10.2 Å². The molecule has 30 heavy (non-hydrogen) atoms. The first-order chi connectivity index (χ1) is 14.6. The fraction of sp³-hybridized carbons (Fsp3) is 0.375. The van der Waals surface area contributed by atoms with Gasteiger partial charge in [-0.3, -0.25) is 9.69 Å². The number of benzene rings is 2. The lowest BCUT2D eigenvalue weighted by molar-refractivity contribution is -0.123. The summed E-state index contributed by atoms with van der Waals surface area (Å²) in [5, 5.41) is 4.12. The number of methoxy groups -OCH3 is 2. The molecule has 1 N–H and O–H groups in total. The summed E-state index contributed by atoms with van der Waals surface area (Å²) in [5.41, 5.74) is 1.92. The Hall–Kier alpha value is -2.99. The Morgan fingerprint density at radius 3 is 2.80 bits per heavy atom. The molecule has 1 amide bonds. The monoisotopic (exact) mass is 408 g/mol. The van der Waals surface area contributed by atoms with Gasteiger partial charge in [0, 0.05) is 23.1 Å². The third-order valence-electron chi connectivity index (χ3n) is 5.76. The molecule has 0 aliphatic carbocycles. The van der Waals surface area contributed by atoms with E-state index in [-0.39, 0.29) is 18.0 Å². The van der Waals surface area contributed by atoms with Gasteiger partial charge >= 0.3 is 0 Å². The summed E-state index contributed by atoms with van der Waals surface area (Å²) in [6.45, 7) is 3.17. The predicted molar refractivity (Wildman–Crippen MR) is 116 cm³/mol. The lowest BCUT2D eigenvalue weighted by Gasteiger charge is -2.26. The number of ether oxygens (including phenoxy) is 2. The molecule has 0 bridgehead atoms. The number of nitrogens with zero attached hydrogens (tertiary/aromatic N) is 1. The smallest absolute Gasteiger partial charge is 0.234 e. The van der Waals surface area contributed by atoms with Crippen molar-refractivity contribution in [1.82, 2.24) is 10.2 Å². The van der Waals surface area contributed by atoms with Gasteiger partial charge in [0.25, 0.3) is 0 Å². The first-order valence-electron chi connectivity index (χ1n) is 10.3. The number of carbonyl (C=O) groups is 1. The van der Waals surface area contributed by atoms with Gasteiger partial charge in [0.05, 0.1) is 26.8 Å². The summed E-state index contributed by atoms with van der Waals surface area (Å²) in [4.78, 5) is 15.0. The molecule has 1 saturated heterocycles. The van der Waals surface area contributed by atoms with Gasteiger partial charge < -0.3 is 19.2 Å². The Morgan fingerprint density at radius 2 is 2.03 bits per heavy atom. The molecule has 1 aliphatic rings. The van der Waals surface area contributed by atoms with E-state index >= 15 is 0 Å². The number of hydrogen-bond donors (Lipinski definition) is 1. The number of rotatable bonds is 7. The molecule has 0 spiro atoms. The van der Waals surface area contributed by atoms with E-state index in [0.29, 0.717) is 6.54 Å². The average Bonchev–Trinajstić information content (AvgIpc) is 3.40. The molecule has 2 aromatic carbocycles. The third kappa shape index (κ3) is 4.14. The molecular weight excluding hydrogens is 380 g/mol. The molecular formula is C24H28N2O4. The molecule has 4 rings (SSSR count). The van der Waals surface area contributed by atoms with Crippen LogP contribution in [0.4, 0.5) is 0 Å². The Labute approximate surface area is 176 Å². The topological polar surface area (TPSA) is 63.9 Å². The minimum absolute atomic E-state index is 0.0117. The summed E-state index contributed by atoms with van der Waals surface area (Å²) in [6.07, 6.45) is 2.04. The van der Waals surface area contributed by atoms with Crippen molar-refractivity contribution in [1.29, 1.82) is 0 Å². The quantitative estimate of drug-likeness (QED) is 0.625. The fourth-order valence-corrected chi connectivity index (χ4v) is 4.22. The second kappa shape index (κ2) is 8.79. The maximum absolute atomic E-state index is 12.8. The van der Waals surface area contributed by atoms with Crippen molar-refractivity contribution in [3.8, 4) is 11.5 Å². The van der Waals surface area contributed by atoms with Crippen LogP contribution in [-0.2, 0) is 4.79 Å². The highest BCUT2D eigenvalue weighted by atomic mass is 16.5. The first-order valence-corrected chi connectivity index (χ1v) is 10.3. The van der Waals surface area contributed by atoms with Gasteiger partial charge in [-0.05, 0) is 44.5 Å². The zero-order valence-corrected chi connectivity index (χ0v) is 17.7. The van der Waals surface area contributed by atoms with Crippen LogP contribution in [0.3, 0.4) is 0 Å². The van der Waals surface area contributed by atoms with Crippen molar-refractivity contribution in [2.45, 2.75) is 31.8 Å². The molecule has 158 valence electrons. The molecule has 0 unspecified atom stereocenters. The Balaban J connectivity index is 1.43. The van der Waals surface area contributed by atoms with Gasteiger partial charge in [-0.25, -0.2) is 0 Å². The largest absolute Gasteiger partial charge is 0.497 e. The second-order valence-electron chi connectivity index (χ2n) is 7.71. The number of furan rings is 1. The average molecular weight is 408 g/mol. The van der Waals surface area contributed by atoms with Crippen LogP contribution in [0.5, 0.6) is 11.5 Å². The van der Waals surface area contributed by atoms with Gasteiger partial charge in [0.1, 0.15) is 22.8 Å². The van der Waals surface area contributed by atoms with Crippen molar-refractivity contribution < 1.29 is 18.7 Å². The van der Waals surface area contributed by atoms with E-state index < -0.39 is 0 Å². The van der Waals surface area contributed by atoms with E-state index in [1.54, 1.807) is 14.2 Å². The molecule has 6 nitrogen and oxygen atoms in total. The number of fused-ring (bicyclic) bond motifs is 1. The van der Waals surface area contributed by atoms with Gasteiger partial charge in [-0.2, -0.15) is 0 Å². The summed E-state index contributed by atoms with van der Waals surface area (Å²) < 4.78 is 16.8. The lowest BCUT2D eigenvalue weighted by atomic mass is 10.0. The zero-order valence-electron chi connectivity index (χ0n) is 17.7. The number of para-hydroxylation sites is 1. The van der Waals surface area contributed by atoms with Crippen molar-refractivity contribution >= 4 is 16.9 Å². The Morgan fingerprint density at radius 1 is 1.20 bits per heavy atom. The van der Waals surface area contributed by atoms with Gasteiger partial charge in [-0.15, -0.1) is 0 Å². The molecule has 0 saturated carbocycles. The minimum atomic E-state index is -0.193. The van der Waals surface area contributed by atoms with Crippen molar-refractivity contribution in [2.24, 2.45) is 0 Å². The highest BCUT2D eigenvalue weighted by molar-refractivity contribution is 5.80. The van der Waals surface area contributed by atoms with Crippen molar-refractivity contribution in [2.75, 3.05) is 27.3 Å². The highest BCUT2D eigenvalue weighted by Gasteiger charge is 2.30. The van der Waals surface area contributed by atoms with Crippen LogP contribution in [-0.4, -0.2) is 38.1 Å². The van der Waals surface area contributed by atoms with Crippen molar-refractivity contribution in [3.63, 3.8) is 0 Å². The van der Waals surface area contributed by atoms with E-state index in [4.69, 9.17) is 13.9 Å². The number of likely N-dealkylation sites (tertiary alicyclic amines) is 1. The fourth-order valence-electron chi connectivity index (χ4n) is 4.22. The normalized spacial score (nSPS) is 17.8. The van der Waals surface area contributed by atoms with Crippen LogP contribution in [0.1, 0.15) is 43.2 Å². The van der Waals surface area contributed by atoms with Crippen LogP contribution < -0.4 is 14.8 Å². The lowest BCUT2D eigenvalue weighted by Crippen LogP contribution is -2.38. The maximum atomic E-state index is 12.8. The molecule has 6 heteroatoms. The zero-order chi connectivity index (χ0) is 21.1. The minimum Gasteiger partial charge on any atom is -0.497 e. The van der Waals surface area contributed by atoms with Gasteiger partial charge in [0.2, 0.25) is 5.91 Å². The summed E-state index contributed by atoms with van der Waals surface area (Å²) in [5.74, 6) is 2.31. The Kier molecular flexibility index (Phi) is 5.95. The Bertz CT molecular complexity index is 996. The third-order valence-corrected chi connectivity index (χ3v) is 5.76. The molecule has 1 aliphatic heterocycles. The SMILES string of the molecule is COc1ccc([C@@H]2CCCN2CC(=O)N[C@@H](C)c2cc3ccccc3o2)c(OC)c1.